The van der Waals surface area contributed by atoms with Gasteiger partial charge in [0.15, 0.2) is 0 Å². The monoisotopic (exact) mass is 274 g/mol. The molecule has 0 aromatic heterocycles. The normalized spacial score (nSPS) is 25.8. The van der Waals surface area contributed by atoms with Gasteiger partial charge in [0, 0.05) is 5.41 Å². The molecule has 0 aromatic carbocycles. The highest BCUT2D eigenvalue weighted by atomic mass is 32.2. The van der Waals surface area contributed by atoms with Crippen LogP contribution in [0.2, 0.25) is 0 Å². The van der Waals surface area contributed by atoms with E-state index >= 15 is 0 Å². The molecular formula is C12H22N2O3S. The Hall–Kier alpha value is -0.620. The zero-order chi connectivity index (χ0) is 13.4. The smallest absolute Gasteiger partial charge is 0.239 e. The minimum atomic E-state index is -3.43. The van der Waals surface area contributed by atoms with Crippen molar-refractivity contribution in [2.45, 2.75) is 44.8 Å². The lowest BCUT2D eigenvalue weighted by Crippen LogP contribution is -2.49. The molecule has 1 amide bonds. The molecule has 1 atom stereocenters. The van der Waals surface area contributed by atoms with Crippen LogP contribution in [0, 0.1) is 11.3 Å². The molecule has 0 bridgehead atoms. The van der Waals surface area contributed by atoms with Gasteiger partial charge in [-0.05, 0) is 44.7 Å². The van der Waals surface area contributed by atoms with Gasteiger partial charge in [0.1, 0.15) is 0 Å². The number of amides is 1. The van der Waals surface area contributed by atoms with Crippen molar-refractivity contribution in [3.63, 3.8) is 0 Å². The maximum Gasteiger partial charge on any atom is 0.239 e. The van der Waals surface area contributed by atoms with Crippen LogP contribution in [0.25, 0.3) is 0 Å². The molecule has 104 valence electrons. The maximum absolute atomic E-state index is 12.2. The third-order valence-electron chi connectivity index (χ3n) is 4.10. The average Bonchev–Trinajstić information content (AvgIpc) is 3.13. The van der Waals surface area contributed by atoms with E-state index < -0.39 is 15.4 Å². The number of sulfonamides is 1. The maximum atomic E-state index is 12.2. The molecule has 1 saturated carbocycles. The zero-order valence-electron chi connectivity index (χ0n) is 11.0. The van der Waals surface area contributed by atoms with Crippen LogP contribution in [0.3, 0.4) is 0 Å². The fourth-order valence-electron chi connectivity index (χ4n) is 2.38. The molecule has 2 rings (SSSR count). The Balaban J connectivity index is 2.02. The fraction of sp³-hybridized carbons (Fsp3) is 0.917. The predicted octanol–water partition coefficient (Wildman–Crippen LogP) is 0.621. The van der Waals surface area contributed by atoms with Gasteiger partial charge in [-0.3, -0.25) is 9.52 Å². The molecular weight excluding hydrogens is 252 g/mol. The number of hydrogen-bond acceptors (Lipinski definition) is 4. The van der Waals surface area contributed by atoms with Crippen LogP contribution in [0.5, 0.6) is 0 Å². The van der Waals surface area contributed by atoms with Crippen molar-refractivity contribution in [3.8, 4) is 0 Å². The van der Waals surface area contributed by atoms with Crippen molar-refractivity contribution in [3.05, 3.63) is 0 Å². The molecule has 2 fully saturated rings. The fourth-order valence-corrected chi connectivity index (χ4v) is 3.82. The van der Waals surface area contributed by atoms with Gasteiger partial charge in [0.05, 0.1) is 5.25 Å². The van der Waals surface area contributed by atoms with Crippen molar-refractivity contribution in [1.29, 1.82) is 0 Å². The van der Waals surface area contributed by atoms with E-state index in [1.165, 1.54) is 0 Å². The second kappa shape index (κ2) is 4.81. The Kier molecular flexibility index (Phi) is 3.69. The summed E-state index contributed by atoms with van der Waals surface area (Å²) in [5, 5.41) is 2.92. The van der Waals surface area contributed by atoms with Crippen molar-refractivity contribution >= 4 is 15.9 Å². The highest BCUT2D eigenvalue weighted by Crippen LogP contribution is 2.33. The second-order valence-electron chi connectivity index (χ2n) is 5.94. The first kappa shape index (κ1) is 13.8. The molecule has 18 heavy (non-hydrogen) atoms. The molecule has 1 unspecified atom stereocenters. The van der Waals surface area contributed by atoms with Gasteiger partial charge >= 0.3 is 0 Å². The molecule has 1 saturated heterocycles. The van der Waals surface area contributed by atoms with Crippen LogP contribution in [-0.4, -0.2) is 32.7 Å². The van der Waals surface area contributed by atoms with Gasteiger partial charge in [-0.25, -0.2) is 8.42 Å². The van der Waals surface area contributed by atoms with Gasteiger partial charge in [0.2, 0.25) is 15.9 Å². The molecule has 0 radical (unpaired) electrons. The van der Waals surface area contributed by atoms with Crippen LogP contribution >= 0.6 is 0 Å². The molecule has 0 aromatic rings. The summed E-state index contributed by atoms with van der Waals surface area (Å²) in [6.07, 6.45) is 3.36. The number of hydrogen-bond donors (Lipinski definition) is 2. The molecule has 1 aliphatic carbocycles. The van der Waals surface area contributed by atoms with E-state index in [4.69, 9.17) is 0 Å². The summed E-state index contributed by atoms with van der Waals surface area (Å²) in [5.41, 5.74) is -0.643. The Morgan fingerprint density at radius 2 is 1.94 bits per heavy atom. The highest BCUT2D eigenvalue weighted by molar-refractivity contribution is 7.90. The van der Waals surface area contributed by atoms with Gasteiger partial charge in [-0.2, -0.15) is 0 Å². The molecule has 5 nitrogen and oxygen atoms in total. The Labute approximate surface area is 109 Å². The predicted molar refractivity (Wildman–Crippen MR) is 69.5 cm³/mol. The summed E-state index contributed by atoms with van der Waals surface area (Å²) in [7, 11) is -3.43. The van der Waals surface area contributed by atoms with E-state index in [0.717, 1.165) is 25.9 Å². The van der Waals surface area contributed by atoms with Crippen molar-refractivity contribution in [2.75, 3.05) is 13.1 Å². The minimum absolute atomic E-state index is 0.195. The van der Waals surface area contributed by atoms with Crippen LogP contribution in [0.1, 0.15) is 39.5 Å². The summed E-state index contributed by atoms with van der Waals surface area (Å²) >= 11 is 0. The zero-order valence-corrected chi connectivity index (χ0v) is 11.8. The first-order valence-corrected chi connectivity index (χ1v) is 8.15. The van der Waals surface area contributed by atoms with E-state index in [-0.39, 0.29) is 17.1 Å². The summed E-state index contributed by atoms with van der Waals surface area (Å²) in [5.74, 6) is -0.163. The summed E-state index contributed by atoms with van der Waals surface area (Å²) in [4.78, 5) is 12.2. The summed E-state index contributed by atoms with van der Waals surface area (Å²) in [6, 6.07) is 0. The Morgan fingerprint density at radius 1 is 1.28 bits per heavy atom. The third-order valence-corrected chi connectivity index (χ3v) is 5.92. The van der Waals surface area contributed by atoms with Crippen LogP contribution in [0.15, 0.2) is 0 Å². The van der Waals surface area contributed by atoms with Crippen LogP contribution < -0.4 is 10.0 Å². The summed E-state index contributed by atoms with van der Waals surface area (Å²) < 4.78 is 25.8. The number of carbonyl (C=O) groups is 1. The average molecular weight is 274 g/mol. The van der Waals surface area contributed by atoms with E-state index in [0.29, 0.717) is 12.8 Å². The largest absolute Gasteiger partial charge is 0.316 e. The Bertz CT molecular complexity index is 421. The molecule has 2 N–H and O–H groups in total. The van der Waals surface area contributed by atoms with E-state index in [2.05, 4.69) is 10.0 Å². The van der Waals surface area contributed by atoms with E-state index in [1.807, 2.05) is 13.8 Å². The number of nitrogens with one attached hydrogen (secondary N) is 2. The number of piperidine rings is 1. The third kappa shape index (κ3) is 2.85. The number of carbonyl (C=O) groups excluding carboxylic acids is 1. The Morgan fingerprint density at radius 3 is 2.44 bits per heavy atom. The van der Waals surface area contributed by atoms with Crippen LogP contribution in [0.4, 0.5) is 0 Å². The van der Waals surface area contributed by atoms with Crippen molar-refractivity contribution < 1.29 is 13.2 Å². The quantitative estimate of drug-likeness (QED) is 0.788. The molecule has 1 heterocycles. The lowest BCUT2D eigenvalue weighted by molar-refractivity contribution is -0.130. The molecule has 6 heteroatoms. The van der Waals surface area contributed by atoms with E-state index in [9.17, 15) is 13.2 Å². The van der Waals surface area contributed by atoms with Gasteiger partial charge in [-0.1, -0.05) is 13.8 Å². The van der Waals surface area contributed by atoms with Crippen LogP contribution in [-0.2, 0) is 14.8 Å². The topological polar surface area (TPSA) is 75.3 Å². The molecule has 0 spiro atoms. The van der Waals surface area contributed by atoms with Gasteiger partial charge < -0.3 is 5.32 Å². The lowest BCUT2D eigenvalue weighted by Gasteiger charge is -2.35. The molecule has 1 aliphatic heterocycles. The van der Waals surface area contributed by atoms with Crippen molar-refractivity contribution in [1.82, 2.24) is 10.0 Å². The first-order chi connectivity index (χ1) is 8.34. The number of rotatable bonds is 4. The molecule has 2 aliphatic rings. The SMILES string of the molecule is CC(C)(C(=O)NS(=O)(=O)C1CC1)C1CCCNC1. The van der Waals surface area contributed by atoms with Gasteiger partial charge in [-0.15, -0.1) is 0 Å². The first-order valence-electron chi connectivity index (χ1n) is 6.61. The second-order valence-corrected chi connectivity index (χ2v) is 7.90. The minimum Gasteiger partial charge on any atom is -0.316 e. The summed E-state index contributed by atoms with van der Waals surface area (Å²) in [6.45, 7) is 5.43. The standard InChI is InChI=1S/C12H22N2O3S/c1-12(2,9-4-3-7-13-8-9)11(15)14-18(16,17)10-5-6-10/h9-10,13H,3-8H2,1-2H3,(H,14,15). The lowest BCUT2D eigenvalue weighted by atomic mass is 9.74. The van der Waals surface area contributed by atoms with E-state index in [1.54, 1.807) is 0 Å². The van der Waals surface area contributed by atoms with Crippen molar-refractivity contribution in [2.24, 2.45) is 11.3 Å². The highest BCUT2D eigenvalue weighted by Gasteiger charge is 2.42. The van der Waals surface area contributed by atoms with Gasteiger partial charge in [0.25, 0.3) is 0 Å².